The van der Waals surface area contributed by atoms with E-state index < -0.39 is 0 Å². The Kier molecular flexibility index (Phi) is 5.51. The maximum atomic E-state index is 5.67. The Hall–Kier alpha value is -3.02. The summed E-state index contributed by atoms with van der Waals surface area (Å²) in [6.45, 7) is 0.766. The summed E-state index contributed by atoms with van der Waals surface area (Å²) in [6, 6.07) is 16.3. The number of benzene rings is 2. The van der Waals surface area contributed by atoms with Gasteiger partial charge in [0.05, 0.1) is 14.2 Å². The number of methoxy groups -OCH3 is 2. The van der Waals surface area contributed by atoms with Crippen LogP contribution >= 0.6 is 0 Å². The highest BCUT2D eigenvalue weighted by molar-refractivity contribution is 5.60. The number of rotatable bonds is 8. The molecule has 3 aromatic rings. The fourth-order valence-electron chi connectivity index (χ4n) is 2.51. The van der Waals surface area contributed by atoms with E-state index in [4.69, 9.17) is 13.9 Å². The van der Waals surface area contributed by atoms with Gasteiger partial charge in [0.2, 0.25) is 5.89 Å². The number of hydrogen-bond acceptors (Lipinski definition) is 6. The molecule has 0 atom stereocenters. The number of ether oxygens (including phenoxy) is 2. The second kappa shape index (κ2) is 8.19. The number of nitrogens with zero attached hydrogens (tertiary/aromatic N) is 2. The van der Waals surface area contributed by atoms with Gasteiger partial charge in [-0.3, -0.25) is 0 Å². The Labute approximate surface area is 146 Å². The molecule has 0 aliphatic rings. The summed E-state index contributed by atoms with van der Waals surface area (Å²) < 4.78 is 16.2. The summed E-state index contributed by atoms with van der Waals surface area (Å²) in [5, 5.41) is 11.3. The maximum Gasteiger partial charge on any atom is 0.315 e. The molecule has 1 aromatic heterocycles. The highest BCUT2D eigenvalue weighted by Gasteiger charge is 2.12. The van der Waals surface area contributed by atoms with Gasteiger partial charge >= 0.3 is 6.01 Å². The number of aryl methyl sites for hydroxylation is 1. The summed E-state index contributed by atoms with van der Waals surface area (Å²) in [5.74, 6) is 1.71. The van der Waals surface area contributed by atoms with Crippen molar-refractivity contribution < 1.29 is 13.9 Å². The van der Waals surface area contributed by atoms with Crippen molar-refractivity contribution in [1.29, 1.82) is 0 Å². The normalized spacial score (nSPS) is 10.5. The molecule has 0 aliphatic carbocycles. The number of aromatic nitrogens is 2. The molecule has 130 valence electrons. The molecule has 0 unspecified atom stereocenters. The highest BCUT2D eigenvalue weighted by atomic mass is 16.5. The molecule has 6 heteroatoms. The molecule has 0 amide bonds. The molecule has 0 saturated heterocycles. The predicted molar refractivity (Wildman–Crippen MR) is 96.1 cm³/mol. The zero-order chi connectivity index (χ0) is 17.5. The third-order valence-electron chi connectivity index (χ3n) is 3.82. The molecular formula is C19H21N3O3. The van der Waals surface area contributed by atoms with Gasteiger partial charge in [0.15, 0.2) is 11.5 Å². The van der Waals surface area contributed by atoms with E-state index in [1.807, 2.05) is 24.3 Å². The van der Waals surface area contributed by atoms with Crippen molar-refractivity contribution in [2.75, 3.05) is 26.1 Å². The van der Waals surface area contributed by atoms with Crippen LogP contribution in [0.25, 0.3) is 11.5 Å². The summed E-state index contributed by atoms with van der Waals surface area (Å²) >= 11 is 0. The van der Waals surface area contributed by atoms with Crippen molar-refractivity contribution in [2.45, 2.75) is 12.8 Å². The van der Waals surface area contributed by atoms with Crippen LogP contribution in [0.2, 0.25) is 0 Å². The Morgan fingerprint density at radius 2 is 1.76 bits per heavy atom. The van der Waals surface area contributed by atoms with E-state index in [1.165, 1.54) is 5.56 Å². The molecule has 0 radical (unpaired) electrons. The Morgan fingerprint density at radius 3 is 2.52 bits per heavy atom. The molecule has 1 heterocycles. The molecule has 0 spiro atoms. The van der Waals surface area contributed by atoms with E-state index in [-0.39, 0.29) is 0 Å². The first-order chi connectivity index (χ1) is 12.3. The minimum Gasteiger partial charge on any atom is -0.493 e. The first-order valence-corrected chi connectivity index (χ1v) is 8.14. The fraction of sp³-hybridized carbons (Fsp3) is 0.263. The molecule has 25 heavy (non-hydrogen) atoms. The van der Waals surface area contributed by atoms with E-state index in [9.17, 15) is 0 Å². The lowest BCUT2D eigenvalue weighted by Crippen LogP contribution is -2.03. The molecule has 6 nitrogen and oxygen atoms in total. The minimum absolute atomic E-state index is 0.415. The van der Waals surface area contributed by atoms with E-state index in [1.54, 1.807) is 14.2 Å². The van der Waals surface area contributed by atoms with Crippen LogP contribution < -0.4 is 14.8 Å². The van der Waals surface area contributed by atoms with Crippen LogP contribution in [0, 0.1) is 0 Å². The average molecular weight is 339 g/mol. The molecule has 0 saturated carbocycles. The largest absolute Gasteiger partial charge is 0.493 e. The van der Waals surface area contributed by atoms with Gasteiger partial charge in [-0.25, -0.2) is 0 Å². The van der Waals surface area contributed by atoms with Crippen LogP contribution in [-0.2, 0) is 6.42 Å². The fourth-order valence-corrected chi connectivity index (χ4v) is 2.51. The van der Waals surface area contributed by atoms with E-state index in [2.05, 4.69) is 39.8 Å². The van der Waals surface area contributed by atoms with Crippen LogP contribution in [0.3, 0.4) is 0 Å². The summed E-state index contributed by atoms with van der Waals surface area (Å²) in [4.78, 5) is 0. The second-order valence-corrected chi connectivity index (χ2v) is 5.50. The molecule has 0 aliphatic heterocycles. The first kappa shape index (κ1) is 16.8. The van der Waals surface area contributed by atoms with Crippen molar-refractivity contribution in [2.24, 2.45) is 0 Å². The van der Waals surface area contributed by atoms with Gasteiger partial charge in [-0.1, -0.05) is 35.4 Å². The van der Waals surface area contributed by atoms with Crippen LogP contribution in [0.4, 0.5) is 6.01 Å². The standard InChI is InChI=1S/C19H21N3O3/c1-23-16-11-10-15(13-17(16)24-2)18-21-22-19(25-18)20-12-6-9-14-7-4-3-5-8-14/h3-5,7-8,10-11,13H,6,9,12H2,1-2H3,(H,20,22). The molecule has 2 aromatic carbocycles. The van der Waals surface area contributed by atoms with Gasteiger partial charge < -0.3 is 19.2 Å². The third kappa shape index (κ3) is 4.29. The zero-order valence-electron chi connectivity index (χ0n) is 14.4. The lowest BCUT2D eigenvalue weighted by atomic mass is 10.1. The molecule has 1 N–H and O–H groups in total. The van der Waals surface area contributed by atoms with Crippen LogP contribution in [0.15, 0.2) is 52.9 Å². The zero-order valence-corrected chi connectivity index (χ0v) is 14.4. The van der Waals surface area contributed by atoms with Crippen molar-refractivity contribution in [3.05, 3.63) is 54.1 Å². The number of nitrogens with one attached hydrogen (secondary N) is 1. The predicted octanol–water partition coefficient (Wildman–Crippen LogP) is 3.80. The van der Waals surface area contributed by atoms with Gasteiger partial charge in [-0.15, -0.1) is 5.10 Å². The van der Waals surface area contributed by atoms with Crippen molar-refractivity contribution in [3.8, 4) is 23.0 Å². The first-order valence-electron chi connectivity index (χ1n) is 8.14. The van der Waals surface area contributed by atoms with Crippen LogP contribution in [-0.4, -0.2) is 31.0 Å². The summed E-state index contributed by atoms with van der Waals surface area (Å²) in [7, 11) is 3.19. The van der Waals surface area contributed by atoms with Gasteiger partial charge in [0, 0.05) is 12.1 Å². The lowest BCUT2D eigenvalue weighted by Gasteiger charge is -2.07. The quantitative estimate of drug-likeness (QED) is 0.630. The Balaban J connectivity index is 1.57. The van der Waals surface area contributed by atoms with Crippen molar-refractivity contribution >= 4 is 6.01 Å². The lowest BCUT2D eigenvalue weighted by molar-refractivity contribution is 0.355. The molecular weight excluding hydrogens is 318 g/mol. The highest BCUT2D eigenvalue weighted by Crippen LogP contribution is 2.32. The average Bonchev–Trinajstić information content (AvgIpc) is 3.14. The molecule has 0 bridgehead atoms. The second-order valence-electron chi connectivity index (χ2n) is 5.50. The summed E-state index contributed by atoms with van der Waals surface area (Å²) in [5.41, 5.74) is 2.10. The van der Waals surface area contributed by atoms with Crippen LogP contribution in [0.1, 0.15) is 12.0 Å². The van der Waals surface area contributed by atoms with Gasteiger partial charge in [0.25, 0.3) is 0 Å². The van der Waals surface area contributed by atoms with Gasteiger partial charge in [-0.05, 0) is 36.6 Å². The van der Waals surface area contributed by atoms with E-state index in [0.717, 1.165) is 24.9 Å². The SMILES string of the molecule is COc1ccc(-c2nnc(NCCCc3ccccc3)o2)cc1OC. The number of hydrogen-bond donors (Lipinski definition) is 1. The van der Waals surface area contributed by atoms with Crippen molar-refractivity contribution in [1.82, 2.24) is 10.2 Å². The van der Waals surface area contributed by atoms with Gasteiger partial charge in [-0.2, -0.15) is 0 Å². The molecule has 3 rings (SSSR count). The smallest absolute Gasteiger partial charge is 0.315 e. The van der Waals surface area contributed by atoms with E-state index in [0.29, 0.717) is 23.4 Å². The van der Waals surface area contributed by atoms with E-state index >= 15 is 0 Å². The maximum absolute atomic E-state index is 5.67. The van der Waals surface area contributed by atoms with Crippen molar-refractivity contribution in [3.63, 3.8) is 0 Å². The topological polar surface area (TPSA) is 69.4 Å². The van der Waals surface area contributed by atoms with Gasteiger partial charge in [0.1, 0.15) is 0 Å². The minimum atomic E-state index is 0.415. The summed E-state index contributed by atoms with van der Waals surface area (Å²) in [6.07, 6.45) is 1.99. The number of anilines is 1. The third-order valence-corrected chi connectivity index (χ3v) is 3.82. The Bertz CT molecular complexity index is 803. The Morgan fingerprint density at radius 1 is 0.960 bits per heavy atom. The molecule has 0 fully saturated rings. The monoisotopic (exact) mass is 339 g/mol. The van der Waals surface area contributed by atoms with Crippen LogP contribution in [0.5, 0.6) is 11.5 Å².